The van der Waals surface area contributed by atoms with Gasteiger partial charge in [0.1, 0.15) is 0 Å². The molecule has 5 rings (SSSR count). The summed E-state index contributed by atoms with van der Waals surface area (Å²) in [4.78, 5) is 29.6. The van der Waals surface area contributed by atoms with Crippen molar-refractivity contribution in [3.63, 3.8) is 0 Å². The van der Waals surface area contributed by atoms with Crippen LogP contribution < -0.4 is 0 Å². The van der Waals surface area contributed by atoms with Crippen molar-refractivity contribution < 1.29 is 9.59 Å². The number of thioether (sulfide) groups is 1. The van der Waals surface area contributed by atoms with E-state index in [1.54, 1.807) is 11.8 Å². The fourth-order valence-electron chi connectivity index (χ4n) is 4.00. The van der Waals surface area contributed by atoms with Crippen LogP contribution in [0.15, 0.2) is 30.3 Å². The molecule has 25 heavy (non-hydrogen) atoms. The van der Waals surface area contributed by atoms with E-state index in [0.717, 1.165) is 43.2 Å². The molecule has 0 radical (unpaired) electrons. The minimum atomic E-state index is 0.106. The highest BCUT2D eigenvalue weighted by Crippen LogP contribution is 2.33. The fourth-order valence-corrected chi connectivity index (χ4v) is 5.12. The molecule has 4 nitrogen and oxygen atoms in total. The summed E-state index contributed by atoms with van der Waals surface area (Å²) in [6.45, 7) is 2.29. The normalized spacial score (nSPS) is 25.8. The second-order valence-electron chi connectivity index (χ2n) is 7.68. The molecule has 134 valence electrons. The Kier molecular flexibility index (Phi) is 5.02. The minimum Gasteiger partial charge on any atom is -0.337 e. The van der Waals surface area contributed by atoms with E-state index in [1.807, 2.05) is 35.2 Å². The number of hydrogen-bond donors (Lipinski definition) is 0. The molecular formula is C20H26N2O2S. The molecular weight excluding hydrogens is 332 g/mol. The molecule has 1 aliphatic carbocycles. The molecule has 1 aromatic carbocycles. The highest BCUT2D eigenvalue weighted by Gasteiger charge is 2.38. The Hall–Kier alpha value is -1.49. The Morgan fingerprint density at radius 1 is 1.00 bits per heavy atom. The second kappa shape index (κ2) is 7.40. The lowest BCUT2D eigenvalue weighted by Crippen LogP contribution is -2.48. The van der Waals surface area contributed by atoms with Crippen molar-refractivity contribution in [3.8, 4) is 0 Å². The molecule has 2 atom stereocenters. The third-order valence-corrected chi connectivity index (χ3v) is 6.78. The van der Waals surface area contributed by atoms with Crippen LogP contribution >= 0.6 is 11.8 Å². The largest absolute Gasteiger partial charge is 0.337 e. The summed E-state index contributed by atoms with van der Waals surface area (Å²) in [7, 11) is 0. The molecule has 0 spiro atoms. The van der Waals surface area contributed by atoms with Crippen LogP contribution in [0, 0.1) is 11.8 Å². The Balaban J connectivity index is 1.39. The number of rotatable bonds is 5. The molecule has 1 saturated carbocycles. The van der Waals surface area contributed by atoms with Gasteiger partial charge in [0.05, 0.1) is 5.75 Å². The van der Waals surface area contributed by atoms with Crippen molar-refractivity contribution in [2.45, 2.75) is 31.7 Å². The summed E-state index contributed by atoms with van der Waals surface area (Å²) < 4.78 is 0. The number of piperidine rings is 1. The number of fused-ring (bicyclic) bond motifs is 4. The Morgan fingerprint density at radius 3 is 2.56 bits per heavy atom. The molecule has 4 aliphatic rings. The van der Waals surface area contributed by atoms with E-state index >= 15 is 0 Å². The quantitative estimate of drug-likeness (QED) is 0.813. The van der Waals surface area contributed by atoms with E-state index in [9.17, 15) is 9.59 Å². The smallest absolute Gasteiger partial charge is 0.253 e. The molecule has 3 heterocycles. The van der Waals surface area contributed by atoms with E-state index in [-0.39, 0.29) is 17.9 Å². The Labute approximate surface area is 153 Å². The number of amides is 2. The molecule has 3 aliphatic heterocycles. The maximum atomic E-state index is 12.8. The predicted molar refractivity (Wildman–Crippen MR) is 101 cm³/mol. The van der Waals surface area contributed by atoms with Crippen molar-refractivity contribution in [2.24, 2.45) is 11.8 Å². The zero-order valence-corrected chi connectivity index (χ0v) is 15.4. The first-order valence-corrected chi connectivity index (χ1v) is 10.6. The van der Waals surface area contributed by atoms with Gasteiger partial charge in [-0.25, -0.2) is 0 Å². The molecule has 2 unspecified atom stereocenters. The first kappa shape index (κ1) is 17.0. The van der Waals surface area contributed by atoms with Crippen molar-refractivity contribution in [1.82, 2.24) is 9.80 Å². The first-order chi connectivity index (χ1) is 12.2. The van der Waals surface area contributed by atoms with Gasteiger partial charge in [0.25, 0.3) is 5.91 Å². The molecule has 0 aromatic heterocycles. The molecule has 1 aromatic rings. The van der Waals surface area contributed by atoms with Crippen LogP contribution in [-0.2, 0) is 4.79 Å². The number of hydrogen-bond acceptors (Lipinski definition) is 3. The van der Waals surface area contributed by atoms with E-state index < -0.39 is 0 Å². The van der Waals surface area contributed by atoms with Gasteiger partial charge >= 0.3 is 0 Å². The maximum absolute atomic E-state index is 12.8. The Morgan fingerprint density at radius 2 is 1.80 bits per heavy atom. The summed E-state index contributed by atoms with van der Waals surface area (Å²) in [6.07, 6.45) is 4.84. The number of carbonyl (C=O) groups excluding carboxylic acids is 2. The minimum absolute atomic E-state index is 0.106. The Bertz CT molecular complexity index is 632. The summed E-state index contributed by atoms with van der Waals surface area (Å²) >= 11 is 1.79. The van der Waals surface area contributed by atoms with E-state index in [1.165, 1.54) is 12.8 Å². The van der Waals surface area contributed by atoms with E-state index in [2.05, 4.69) is 4.90 Å². The van der Waals surface area contributed by atoms with Gasteiger partial charge in [-0.1, -0.05) is 18.2 Å². The summed E-state index contributed by atoms with van der Waals surface area (Å²) in [5.74, 6) is 3.39. The van der Waals surface area contributed by atoms with E-state index in [0.29, 0.717) is 18.2 Å². The van der Waals surface area contributed by atoms with Gasteiger partial charge in [-0.05, 0) is 55.4 Å². The average molecular weight is 359 g/mol. The lowest BCUT2D eigenvalue weighted by atomic mass is 9.95. The van der Waals surface area contributed by atoms with Crippen LogP contribution in [0.2, 0.25) is 0 Å². The van der Waals surface area contributed by atoms with Crippen LogP contribution in [-0.4, -0.2) is 58.8 Å². The molecule has 2 amide bonds. The van der Waals surface area contributed by atoms with Crippen LogP contribution in [0.25, 0.3) is 0 Å². The van der Waals surface area contributed by atoms with Crippen molar-refractivity contribution in [2.75, 3.05) is 31.1 Å². The molecule has 4 fully saturated rings. The van der Waals surface area contributed by atoms with Crippen LogP contribution in [0.3, 0.4) is 0 Å². The lowest BCUT2D eigenvalue weighted by molar-refractivity contribution is -0.132. The summed E-state index contributed by atoms with van der Waals surface area (Å²) in [5.41, 5.74) is 0.752. The number of benzene rings is 1. The maximum Gasteiger partial charge on any atom is 0.253 e. The van der Waals surface area contributed by atoms with Crippen molar-refractivity contribution in [3.05, 3.63) is 35.9 Å². The highest BCUT2D eigenvalue weighted by atomic mass is 32.2. The average Bonchev–Trinajstić information content (AvgIpc) is 3.48. The standard InChI is InChI=1S/C20H26N2O2S/c23-19(14-25-13-15-6-7-15)22-11-16-8-9-18(22)12-21(10-16)20(24)17-4-2-1-3-5-17/h1-5,15-16,18H,6-14H2. The molecule has 3 saturated heterocycles. The molecule has 2 bridgehead atoms. The zero-order valence-electron chi connectivity index (χ0n) is 14.6. The van der Waals surface area contributed by atoms with Gasteiger partial charge in [0.15, 0.2) is 0 Å². The molecule has 0 N–H and O–H groups in total. The topological polar surface area (TPSA) is 40.6 Å². The highest BCUT2D eigenvalue weighted by molar-refractivity contribution is 7.99. The lowest BCUT2D eigenvalue weighted by Gasteiger charge is -2.36. The van der Waals surface area contributed by atoms with Gasteiger partial charge in [-0.2, -0.15) is 11.8 Å². The third kappa shape index (κ3) is 4.02. The second-order valence-corrected chi connectivity index (χ2v) is 8.71. The fraction of sp³-hybridized carbons (Fsp3) is 0.600. The van der Waals surface area contributed by atoms with E-state index in [4.69, 9.17) is 0 Å². The van der Waals surface area contributed by atoms with Gasteiger partial charge in [-0.3, -0.25) is 9.59 Å². The van der Waals surface area contributed by atoms with Crippen LogP contribution in [0.5, 0.6) is 0 Å². The summed E-state index contributed by atoms with van der Waals surface area (Å²) in [5, 5.41) is 0. The van der Waals surface area contributed by atoms with Crippen molar-refractivity contribution >= 4 is 23.6 Å². The zero-order chi connectivity index (χ0) is 17.2. The van der Waals surface area contributed by atoms with Gasteiger partial charge in [0, 0.05) is 31.2 Å². The predicted octanol–water partition coefficient (Wildman–Crippen LogP) is 2.89. The first-order valence-electron chi connectivity index (χ1n) is 9.42. The molecule has 5 heteroatoms. The summed E-state index contributed by atoms with van der Waals surface area (Å²) in [6, 6.07) is 9.71. The number of carbonyl (C=O) groups is 2. The van der Waals surface area contributed by atoms with Gasteiger partial charge in [0.2, 0.25) is 5.91 Å². The van der Waals surface area contributed by atoms with Crippen LogP contribution in [0.1, 0.15) is 36.0 Å². The number of nitrogens with zero attached hydrogens (tertiary/aromatic N) is 2. The monoisotopic (exact) mass is 358 g/mol. The SMILES string of the molecule is O=C(c1ccccc1)N1CC2CCC(C1)N(C(=O)CSCC1CC1)C2. The third-order valence-electron chi connectivity index (χ3n) is 5.62. The van der Waals surface area contributed by atoms with Gasteiger partial charge < -0.3 is 9.80 Å². The van der Waals surface area contributed by atoms with Gasteiger partial charge in [-0.15, -0.1) is 0 Å². The van der Waals surface area contributed by atoms with Crippen LogP contribution in [0.4, 0.5) is 0 Å². The van der Waals surface area contributed by atoms with Crippen molar-refractivity contribution in [1.29, 1.82) is 0 Å².